The number of hydrogen-bond donors (Lipinski definition) is 1. The predicted octanol–water partition coefficient (Wildman–Crippen LogP) is 0.842. The molecule has 20 heavy (non-hydrogen) atoms. The molecule has 0 saturated heterocycles. The van der Waals surface area contributed by atoms with E-state index < -0.39 is 16.0 Å². The number of nitrogens with zero attached hydrogens (tertiary/aromatic N) is 2. The SMILES string of the molecule is COC(=O)CCCS(=O)(=O)Nc1cccnc1N(C)C. The van der Waals surface area contributed by atoms with Crippen molar-refractivity contribution in [2.45, 2.75) is 12.8 Å². The minimum absolute atomic E-state index is 0.0744. The number of methoxy groups -OCH3 is 1. The van der Waals surface area contributed by atoms with Crippen molar-refractivity contribution in [1.82, 2.24) is 4.98 Å². The van der Waals surface area contributed by atoms with Gasteiger partial charge in [0, 0.05) is 26.7 Å². The molecule has 0 aliphatic heterocycles. The molecule has 8 heteroatoms. The van der Waals surface area contributed by atoms with Crippen LogP contribution in [0.15, 0.2) is 18.3 Å². The molecule has 0 fully saturated rings. The van der Waals surface area contributed by atoms with Crippen LogP contribution in [0.25, 0.3) is 0 Å². The summed E-state index contributed by atoms with van der Waals surface area (Å²) in [5.41, 5.74) is 0.413. The molecule has 1 aromatic rings. The Morgan fingerprint density at radius 1 is 1.45 bits per heavy atom. The minimum Gasteiger partial charge on any atom is -0.469 e. The molecular formula is C12H19N3O4S. The van der Waals surface area contributed by atoms with E-state index in [0.717, 1.165) is 0 Å². The Morgan fingerprint density at radius 2 is 2.15 bits per heavy atom. The highest BCUT2D eigenvalue weighted by Crippen LogP contribution is 2.21. The van der Waals surface area contributed by atoms with Gasteiger partial charge in [-0.3, -0.25) is 9.52 Å². The zero-order valence-corrected chi connectivity index (χ0v) is 12.6. The number of pyridine rings is 1. The second kappa shape index (κ2) is 7.09. The maximum atomic E-state index is 11.9. The third-order valence-corrected chi connectivity index (χ3v) is 3.85. The quantitative estimate of drug-likeness (QED) is 0.751. The Balaban J connectivity index is 2.69. The summed E-state index contributed by atoms with van der Waals surface area (Å²) in [4.78, 5) is 16.8. The first kappa shape index (κ1) is 16.2. The predicted molar refractivity (Wildman–Crippen MR) is 77.2 cm³/mol. The van der Waals surface area contributed by atoms with E-state index in [1.807, 2.05) is 0 Å². The van der Waals surface area contributed by atoms with E-state index in [2.05, 4.69) is 14.4 Å². The number of carbonyl (C=O) groups excluding carboxylic acids is 1. The van der Waals surface area contributed by atoms with Crippen molar-refractivity contribution >= 4 is 27.5 Å². The van der Waals surface area contributed by atoms with Crippen LogP contribution in [-0.4, -0.2) is 46.3 Å². The number of anilines is 2. The van der Waals surface area contributed by atoms with Crippen LogP contribution in [0.4, 0.5) is 11.5 Å². The van der Waals surface area contributed by atoms with Crippen LogP contribution in [0.2, 0.25) is 0 Å². The molecular weight excluding hydrogens is 282 g/mol. The van der Waals surface area contributed by atoms with Gasteiger partial charge in [0.25, 0.3) is 0 Å². The normalized spacial score (nSPS) is 10.9. The molecule has 1 aromatic heterocycles. The molecule has 0 unspecified atom stereocenters. The fraction of sp³-hybridized carbons (Fsp3) is 0.500. The van der Waals surface area contributed by atoms with Crippen LogP contribution in [0.3, 0.4) is 0 Å². The van der Waals surface area contributed by atoms with Gasteiger partial charge in [-0.25, -0.2) is 13.4 Å². The standard InChI is InChI=1S/C12H19N3O4S/c1-15(2)12-10(6-4-8-13-12)14-20(17,18)9-5-7-11(16)19-3/h4,6,8,14H,5,7,9H2,1-3H3. The van der Waals surface area contributed by atoms with Crippen molar-refractivity contribution in [1.29, 1.82) is 0 Å². The Morgan fingerprint density at radius 3 is 2.75 bits per heavy atom. The van der Waals surface area contributed by atoms with Crippen LogP contribution in [-0.2, 0) is 19.6 Å². The molecule has 0 aliphatic rings. The van der Waals surface area contributed by atoms with E-state index in [-0.39, 0.29) is 18.6 Å². The molecule has 0 aliphatic carbocycles. The molecule has 0 bridgehead atoms. The first-order valence-corrected chi connectivity index (χ1v) is 7.70. The number of esters is 1. The third-order valence-electron chi connectivity index (χ3n) is 2.50. The van der Waals surface area contributed by atoms with Crippen molar-refractivity contribution < 1.29 is 17.9 Å². The molecule has 0 atom stereocenters. The lowest BCUT2D eigenvalue weighted by Gasteiger charge is -2.16. The Labute approximate surface area is 119 Å². The van der Waals surface area contributed by atoms with Gasteiger partial charge >= 0.3 is 5.97 Å². The summed E-state index contributed by atoms with van der Waals surface area (Å²) in [6, 6.07) is 3.29. The molecule has 7 nitrogen and oxygen atoms in total. The van der Waals surface area contributed by atoms with Gasteiger partial charge in [0.1, 0.15) is 0 Å². The maximum absolute atomic E-state index is 11.9. The summed E-state index contributed by atoms with van der Waals surface area (Å²) in [6.07, 6.45) is 1.87. The molecule has 0 aromatic carbocycles. The minimum atomic E-state index is -3.52. The summed E-state index contributed by atoms with van der Waals surface area (Å²) < 4.78 is 30.8. The Bertz CT molecular complexity index is 558. The summed E-state index contributed by atoms with van der Waals surface area (Å²) >= 11 is 0. The van der Waals surface area contributed by atoms with Gasteiger partial charge in [-0.1, -0.05) is 0 Å². The molecule has 0 spiro atoms. The fourth-order valence-electron chi connectivity index (χ4n) is 1.56. The van der Waals surface area contributed by atoms with Gasteiger partial charge in [-0.05, 0) is 18.6 Å². The molecule has 1 heterocycles. The highest BCUT2D eigenvalue weighted by Gasteiger charge is 2.15. The van der Waals surface area contributed by atoms with Gasteiger partial charge in [0.2, 0.25) is 10.0 Å². The van der Waals surface area contributed by atoms with E-state index in [0.29, 0.717) is 11.5 Å². The molecule has 1 rings (SSSR count). The number of rotatable bonds is 7. The van der Waals surface area contributed by atoms with Crippen LogP contribution in [0.5, 0.6) is 0 Å². The lowest BCUT2D eigenvalue weighted by molar-refractivity contribution is -0.140. The number of ether oxygens (including phenoxy) is 1. The number of sulfonamides is 1. The lowest BCUT2D eigenvalue weighted by Crippen LogP contribution is -2.20. The van der Waals surface area contributed by atoms with Crippen LogP contribution in [0.1, 0.15) is 12.8 Å². The van der Waals surface area contributed by atoms with Crippen molar-refractivity contribution in [3.8, 4) is 0 Å². The monoisotopic (exact) mass is 301 g/mol. The highest BCUT2D eigenvalue weighted by atomic mass is 32.2. The lowest BCUT2D eigenvalue weighted by atomic mass is 10.3. The van der Waals surface area contributed by atoms with Crippen molar-refractivity contribution in [2.75, 3.05) is 36.6 Å². The van der Waals surface area contributed by atoms with E-state index in [4.69, 9.17) is 0 Å². The molecule has 0 saturated carbocycles. The number of nitrogens with one attached hydrogen (secondary N) is 1. The average molecular weight is 301 g/mol. The van der Waals surface area contributed by atoms with Gasteiger partial charge in [0.15, 0.2) is 5.82 Å². The summed E-state index contributed by atoms with van der Waals surface area (Å²) in [7, 11) is 1.30. The van der Waals surface area contributed by atoms with Crippen molar-refractivity contribution in [3.63, 3.8) is 0 Å². The third kappa shape index (κ3) is 5.04. The number of hydrogen-bond acceptors (Lipinski definition) is 6. The largest absolute Gasteiger partial charge is 0.469 e. The van der Waals surface area contributed by atoms with Gasteiger partial charge in [-0.15, -0.1) is 0 Å². The van der Waals surface area contributed by atoms with Gasteiger partial charge < -0.3 is 9.64 Å². The van der Waals surface area contributed by atoms with Crippen molar-refractivity contribution in [3.05, 3.63) is 18.3 Å². The molecule has 0 radical (unpaired) electrons. The van der Waals surface area contributed by atoms with Crippen LogP contribution >= 0.6 is 0 Å². The van der Waals surface area contributed by atoms with Gasteiger partial charge in [-0.2, -0.15) is 0 Å². The second-order valence-electron chi connectivity index (χ2n) is 4.37. The fourth-order valence-corrected chi connectivity index (χ4v) is 2.68. The summed E-state index contributed by atoms with van der Waals surface area (Å²) in [5.74, 6) is -0.0382. The molecule has 1 N–H and O–H groups in total. The maximum Gasteiger partial charge on any atom is 0.305 e. The smallest absolute Gasteiger partial charge is 0.305 e. The zero-order chi connectivity index (χ0) is 15.2. The second-order valence-corrected chi connectivity index (χ2v) is 6.21. The van der Waals surface area contributed by atoms with E-state index >= 15 is 0 Å². The molecule has 0 amide bonds. The zero-order valence-electron chi connectivity index (χ0n) is 11.8. The number of carbonyl (C=O) groups is 1. The summed E-state index contributed by atoms with van der Waals surface area (Å²) in [5, 5.41) is 0. The van der Waals surface area contributed by atoms with E-state index in [9.17, 15) is 13.2 Å². The molecule has 112 valence electrons. The highest BCUT2D eigenvalue weighted by molar-refractivity contribution is 7.92. The van der Waals surface area contributed by atoms with Crippen LogP contribution < -0.4 is 9.62 Å². The van der Waals surface area contributed by atoms with Crippen LogP contribution in [0, 0.1) is 0 Å². The van der Waals surface area contributed by atoms with Crippen molar-refractivity contribution in [2.24, 2.45) is 0 Å². The first-order valence-electron chi connectivity index (χ1n) is 6.05. The first-order chi connectivity index (χ1) is 9.35. The number of aromatic nitrogens is 1. The Hall–Kier alpha value is -1.83. The average Bonchev–Trinajstić information content (AvgIpc) is 2.38. The van der Waals surface area contributed by atoms with E-state index in [1.165, 1.54) is 7.11 Å². The van der Waals surface area contributed by atoms with Gasteiger partial charge in [0.05, 0.1) is 18.6 Å². The summed E-state index contributed by atoms with van der Waals surface area (Å²) in [6.45, 7) is 0. The van der Waals surface area contributed by atoms with E-state index in [1.54, 1.807) is 37.3 Å². The Kier molecular flexibility index (Phi) is 5.75. The topological polar surface area (TPSA) is 88.6 Å².